The molecule has 184 valence electrons. The molecule has 34 heavy (non-hydrogen) atoms. The molecule has 6 nitrogen and oxygen atoms in total. The van der Waals surface area contributed by atoms with Gasteiger partial charge in [-0.25, -0.2) is 9.18 Å². The number of methoxy groups -OCH3 is 2. The fourth-order valence-electron chi connectivity index (χ4n) is 4.08. The number of rotatable bonds is 7. The van der Waals surface area contributed by atoms with Gasteiger partial charge < -0.3 is 24.3 Å². The van der Waals surface area contributed by atoms with Crippen molar-refractivity contribution in [3.63, 3.8) is 0 Å². The smallest absolute Gasteiger partial charge is 0.496 e. The first kappa shape index (κ1) is 25.4. The van der Waals surface area contributed by atoms with E-state index in [1.807, 2.05) is 0 Å². The van der Waals surface area contributed by atoms with Gasteiger partial charge in [-0.3, -0.25) is 0 Å². The number of nitrogens with one attached hydrogen (secondary N) is 1. The predicted octanol–water partition coefficient (Wildman–Crippen LogP) is 5.66. The van der Waals surface area contributed by atoms with E-state index in [1.165, 1.54) is 45.2 Å². The van der Waals surface area contributed by atoms with Crippen LogP contribution in [0.3, 0.4) is 0 Å². The number of carbonyl (C=O) groups excluding carboxylic acids is 1. The van der Waals surface area contributed by atoms with Crippen LogP contribution < -0.4 is 9.47 Å². The molecule has 3 aromatic rings. The molecule has 2 aromatic carbocycles. The molecule has 0 aliphatic heterocycles. The maximum absolute atomic E-state index is 14.2. The second kappa shape index (κ2) is 9.17. The van der Waals surface area contributed by atoms with Gasteiger partial charge in [-0.2, -0.15) is 13.2 Å². The summed E-state index contributed by atoms with van der Waals surface area (Å²) in [6, 6.07) is 9.53. The van der Waals surface area contributed by atoms with Gasteiger partial charge >= 0.3 is 12.3 Å². The lowest BCUT2D eigenvalue weighted by Gasteiger charge is -2.38. The third-order valence-corrected chi connectivity index (χ3v) is 5.65. The zero-order valence-electron chi connectivity index (χ0n) is 19.0. The molecule has 1 aromatic heterocycles. The number of hydrogen-bond acceptors (Lipinski definition) is 5. The normalized spacial score (nSPS) is 14.0. The van der Waals surface area contributed by atoms with Gasteiger partial charge in [-0.15, -0.1) is 0 Å². The number of aromatic nitrogens is 1. The monoisotopic (exact) mass is 483 g/mol. The van der Waals surface area contributed by atoms with Gasteiger partial charge in [0, 0.05) is 29.3 Å². The van der Waals surface area contributed by atoms with Gasteiger partial charge in [0.25, 0.3) is 0 Å². The molecule has 0 bridgehead atoms. The van der Waals surface area contributed by atoms with E-state index in [1.54, 1.807) is 6.07 Å². The van der Waals surface area contributed by atoms with Gasteiger partial charge in [-0.1, -0.05) is 13.8 Å². The van der Waals surface area contributed by atoms with Crippen molar-refractivity contribution in [3.05, 3.63) is 59.5 Å². The third-order valence-electron chi connectivity index (χ3n) is 5.65. The molecule has 0 fully saturated rings. The van der Waals surface area contributed by atoms with Crippen molar-refractivity contribution in [1.82, 2.24) is 4.98 Å². The number of carbonyl (C=O) groups is 1. The van der Waals surface area contributed by atoms with E-state index in [4.69, 9.17) is 9.47 Å². The first-order valence-electron chi connectivity index (χ1n) is 10.3. The number of fused-ring (bicyclic) bond motifs is 1. The van der Waals surface area contributed by atoms with Gasteiger partial charge in [0.2, 0.25) is 0 Å². The van der Waals surface area contributed by atoms with E-state index < -0.39 is 42.0 Å². The van der Waals surface area contributed by atoms with Crippen molar-refractivity contribution in [2.24, 2.45) is 0 Å². The van der Waals surface area contributed by atoms with Crippen molar-refractivity contribution in [2.45, 2.75) is 43.9 Å². The summed E-state index contributed by atoms with van der Waals surface area (Å²) in [7, 11) is 2.48. The molecule has 0 aliphatic carbocycles. The van der Waals surface area contributed by atoms with Gasteiger partial charge in [0.1, 0.15) is 17.3 Å². The number of aliphatic hydroxyl groups is 1. The largest absolute Gasteiger partial charge is 0.513 e. The highest BCUT2D eigenvalue weighted by Crippen LogP contribution is 2.45. The Balaban J connectivity index is 1.95. The van der Waals surface area contributed by atoms with Gasteiger partial charge in [-0.05, 0) is 53.6 Å². The molecule has 1 unspecified atom stereocenters. The number of aromatic amines is 1. The lowest BCUT2D eigenvalue weighted by molar-refractivity contribution is -0.266. The molecule has 3 rings (SSSR count). The molecule has 10 heteroatoms. The number of alkyl halides is 3. The summed E-state index contributed by atoms with van der Waals surface area (Å²) in [5.41, 5.74) is -3.70. The van der Waals surface area contributed by atoms with Crippen LogP contribution in [0.2, 0.25) is 0 Å². The number of benzene rings is 2. The van der Waals surface area contributed by atoms with E-state index in [-0.39, 0.29) is 22.8 Å². The SMILES string of the molecule is COC(=O)Oc1ccc2cc(CC(O)(CC(C)(C)c3cc(F)ccc3OC)C(F)(F)F)[nH]c2c1. The summed E-state index contributed by atoms with van der Waals surface area (Å²) in [6.07, 6.45) is -7.46. The summed E-state index contributed by atoms with van der Waals surface area (Å²) < 4.78 is 70.9. The van der Waals surface area contributed by atoms with Crippen LogP contribution in [0.15, 0.2) is 42.5 Å². The molecule has 1 heterocycles. The first-order chi connectivity index (χ1) is 15.8. The maximum Gasteiger partial charge on any atom is 0.513 e. The zero-order chi connectivity index (χ0) is 25.3. The number of halogens is 4. The first-order valence-corrected chi connectivity index (χ1v) is 10.3. The summed E-state index contributed by atoms with van der Waals surface area (Å²) in [4.78, 5) is 14.1. The highest BCUT2D eigenvalue weighted by Gasteiger charge is 2.56. The molecule has 0 saturated carbocycles. The minimum Gasteiger partial charge on any atom is -0.496 e. The Morgan fingerprint density at radius 1 is 1.06 bits per heavy atom. The molecule has 0 aliphatic rings. The van der Waals surface area contributed by atoms with E-state index in [2.05, 4.69) is 9.72 Å². The van der Waals surface area contributed by atoms with Crippen LogP contribution >= 0.6 is 0 Å². The minimum absolute atomic E-state index is 0.118. The Morgan fingerprint density at radius 2 is 1.76 bits per heavy atom. The number of hydrogen-bond donors (Lipinski definition) is 2. The summed E-state index contributed by atoms with van der Waals surface area (Å²) in [5, 5.41) is 11.5. The standard InChI is InChI=1S/C24H25F4NO5/c1-22(2,18-10-15(25)6-8-20(18)32-3)13-23(31,24(26,27)28)12-16-9-14-5-7-17(11-19(14)29-16)34-21(30)33-4/h5-11,29,31H,12-13H2,1-4H3. The van der Waals surface area contributed by atoms with Crippen molar-refractivity contribution >= 4 is 17.1 Å². The van der Waals surface area contributed by atoms with Crippen molar-refractivity contribution in [3.8, 4) is 11.5 Å². The predicted molar refractivity (Wildman–Crippen MR) is 117 cm³/mol. The molecular formula is C24H25F4NO5. The fraction of sp³-hybridized carbons (Fsp3) is 0.375. The molecule has 0 spiro atoms. The summed E-state index contributed by atoms with van der Waals surface area (Å²) in [5.74, 6) is -0.266. The highest BCUT2D eigenvalue weighted by molar-refractivity contribution is 5.82. The van der Waals surface area contributed by atoms with Crippen LogP contribution in [0.1, 0.15) is 31.5 Å². The summed E-state index contributed by atoms with van der Waals surface area (Å²) in [6.45, 7) is 2.98. The third kappa shape index (κ3) is 5.27. The Kier molecular flexibility index (Phi) is 6.84. The van der Waals surface area contributed by atoms with Crippen LogP contribution in [-0.2, 0) is 16.6 Å². The quantitative estimate of drug-likeness (QED) is 0.257. The number of H-pyrrole nitrogens is 1. The Morgan fingerprint density at radius 3 is 2.38 bits per heavy atom. The second-order valence-corrected chi connectivity index (χ2v) is 8.71. The van der Waals surface area contributed by atoms with Crippen molar-refractivity contribution in [1.29, 1.82) is 0 Å². The van der Waals surface area contributed by atoms with Crippen LogP contribution in [0.5, 0.6) is 11.5 Å². The van der Waals surface area contributed by atoms with Crippen LogP contribution in [-0.4, -0.2) is 42.2 Å². The fourth-order valence-corrected chi connectivity index (χ4v) is 4.08. The number of ether oxygens (including phenoxy) is 3. The average molecular weight is 483 g/mol. The van der Waals surface area contributed by atoms with E-state index >= 15 is 0 Å². The van der Waals surface area contributed by atoms with Crippen molar-refractivity contribution < 1.29 is 41.7 Å². The summed E-state index contributed by atoms with van der Waals surface area (Å²) >= 11 is 0. The maximum atomic E-state index is 14.2. The molecule has 0 saturated heterocycles. The van der Waals surface area contributed by atoms with Gasteiger partial charge in [0.05, 0.1) is 14.2 Å². The van der Waals surface area contributed by atoms with Crippen LogP contribution in [0.4, 0.5) is 22.4 Å². The molecule has 0 amide bonds. The Hall–Kier alpha value is -3.27. The Bertz CT molecular complexity index is 1190. The van der Waals surface area contributed by atoms with Crippen molar-refractivity contribution in [2.75, 3.05) is 14.2 Å². The molecular weight excluding hydrogens is 458 g/mol. The minimum atomic E-state index is -4.98. The molecule has 1 atom stereocenters. The average Bonchev–Trinajstić information content (AvgIpc) is 3.13. The van der Waals surface area contributed by atoms with E-state index in [0.29, 0.717) is 10.9 Å². The van der Waals surface area contributed by atoms with Gasteiger partial charge in [0.15, 0.2) is 5.60 Å². The highest BCUT2D eigenvalue weighted by atomic mass is 19.4. The topological polar surface area (TPSA) is 80.8 Å². The zero-order valence-corrected chi connectivity index (χ0v) is 19.0. The van der Waals surface area contributed by atoms with E-state index in [0.717, 1.165) is 19.2 Å². The molecule has 2 N–H and O–H groups in total. The Labute approximate surface area is 193 Å². The molecule has 0 radical (unpaired) electrons. The van der Waals surface area contributed by atoms with E-state index in [9.17, 15) is 27.5 Å². The lowest BCUT2D eigenvalue weighted by Crippen LogP contribution is -2.51. The second-order valence-electron chi connectivity index (χ2n) is 8.71. The van der Waals surface area contributed by atoms with Crippen LogP contribution in [0.25, 0.3) is 10.9 Å². The van der Waals surface area contributed by atoms with Crippen LogP contribution in [0, 0.1) is 5.82 Å². The lowest BCUT2D eigenvalue weighted by atomic mass is 9.73.